The molecule has 3 aromatic rings. The van der Waals surface area contributed by atoms with E-state index in [0.717, 1.165) is 19.3 Å². The van der Waals surface area contributed by atoms with Crippen molar-refractivity contribution in [2.24, 2.45) is 5.92 Å². The smallest absolute Gasteiger partial charge is 0.187 e. The maximum Gasteiger partial charge on any atom is 0.187 e. The number of hydrogen-bond acceptors (Lipinski definition) is 7. The third-order valence-electron chi connectivity index (χ3n) is 6.04. The van der Waals surface area contributed by atoms with Gasteiger partial charge in [0, 0.05) is 42.7 Å². The predicted octanol–water partition coefficient (Wildman–Crippen LogP) is 2.71. The largest absolute Gasteiger partial charge is 0.507 e. The number of hydrogen-bond donors (Lipinski definition) is 2. The van der Waals surface area contributed by atoms with E-state index in [0.29, 0.717) is 35.1 Å². The topological polar surface area (TPSA) is 102 Å². The van der Waals surface area contributed by atoms with Crippen LogP contribution in [0.5, 0.6) is 5.75 Å². The number of allylic oxidation sites excluding steroid dienone is 1. The Kier molecular flexibility index (Phi) is 4.74. The second-order valence-electron chi connectivity index (χ2n) is 7.91. The number of rotatable bonds is 4. The molecule has 0 aromatic carbocycles. The summed E-state index contributed by atoms with van der Waals surface area (Å²) < 4.78 is 16.6. The highest BCUT2D eigenvalue weighted by Crippen LogP contribution is 2.38. The Balaban J connectivity index is 1.36. The van der Waals surface area contributed by atoms with Crippen LogP contribution in [-0.2, 0) is 0 Å². The van der Waals surface area contributed by atoms with Gasteiger partial charge in [-0.2, -0.15) is 0 Å². The monoisotopic (exact) mass is 407 g/mol. The molecule has 2 N–H and O–H groups in total. The van der Waals surface area contributed by atoms with Crippen LogP contribution in [0, 0.1) is 5.92 Å². The van der Waals surface area contributed by atoms with Crippen LogP contribution in [0.2, 0.25) is 0 Å². The van der Waals surface area contributed by atoms with E-state index < -0.39 is 6.17 Å². The zero-order valence-corrected chi connectivity index (χ0v) is 16.3. The van der Waals surface area contributed by atoms with Gasteiger partial charge in [-0.05, 0) is 24.8 Å². The third-order valence-corrected chi connectivity index (χ3v) is 6.04. The number of alkyl halides is 1. The molecule has 2 bridgehead atoms. The fraction of sp³-hybridized carbons (Fsp3) is 0.381. The van der Waals surface area contributed by atoms with E-state index in [4.69, 9.17) is 0 Å². The fourth-order valence-electron chi connectivity index (χ4n) is 4.42. The molecule has 0 radical (unpaired) electrons. The van der Waals surface area contributed by atoms with Crippen LogP contribution in [0.25, 0.3) is 22.8 Å². The first-order chi connectivity index (χ1) is 14.6. The molecular weight excluding hydrogens is 385 g/mol. The standard InChI is InChI=1S/C21H22FN7O/c1-12(14-7-13-3-2-4-16(26-13)20(14)22)17-10-25-21(28-27-17)15-9-24-19(8-18(15)30)29-6-5-23-11-29/h5-6,8-11,13-14,16,20,26H,1-4,7H2,(H,24,30)/t13-,14+,16+,20+/m1/s1. The van der Waals surface area contributed by atoms with Crippen molar-refractivity contribution in [1.82, 2.24) is 35.0 Å². The minimum atomic E-state index is -0.987. The van der Waals surface area contributed by atoms with Crippen LogP contribution in [0.15, 0.2) is 43.8 Å². The van der Waals surface area contributed by atoms with Gasteiger partial charge >= 0.3 is 0 Å². The minimum absolute atomic E-state index is 0.0166. The summed E-state index contributed by atoms with van der Waals surface area (Å²) in [4.78, 5) is 12.6. The Hall–Kier alpha value is -3.20. The van der Waals surface area contributed by atoms with Crippen molar-refractivity contribution in [2.45, 2.75) is 43.9 Å². The molecule has 2 aliphatic rings. The summed E-state index contributed by atoms with van der Waals surface area (Å²) in [5.41, 5.74) is 1.47. The number of imidazole rings is 1. The number of pyridine rings is 1. The van der Waals surface area contributed by atoms with Gasteiger partial charge in [0.25, 0.3) is 0 Å². The molecule has 0 saturated carbocycles. The SMILES string of the molecule is C=C(c1cnc(-c2cnc(-n3ccnc3)cc2O)nn1)[C@@H]1C[C@H]2CCC[C@H](N2)[C@H]1F. The molecule has 3 aromatic heterocycles. The molecular formula is C21H22FN7O. The lowest BCUT2D eigenvalue weighted by Crippen LogP contribution is -2.55. The van der Waals surface area contributed by atoms with Crippen LogP contribution >= 0.6 is 0 Å². The highest BCUT2D eigenvalue weighted by Gasteiger charge is 2.41. The van der Waals surface area contributed by atoms with Crippen LogP contribution in [-0.4, -0.2) is 53.1 Å². The van der Waals surface area contributed by atoms with Crippen molar-refractivity contribution in [3.05, 3.63) is 49.5 Å². The Morgan fingerprint density at radius 1 is 1.23 bits per heavy atom. The molecule has 8 nitrogen and oxygen atoms in total. The molecule has 9 heteroatoms. The number of aromatic nitrogens is 6. The van der Waals surface area contributed by atoms with Gasteiger partial charge < -0.3 is 10.4 Å². The lowest BCUT2D eigenvalue weighted by Gasteiger charge is -2.43. The Morgan fingerprint density at radius 2 is 2.13 bits per heavy atom. The zero-order chi connectivity index (χ0) is 20.7. The summed E-state index contributed by atoms with van der Waals surface area (Å²) in [5, 5.41) is 22.1. The van der Waals surface area contributed by atoms with Gasteiger partial charge in [0.1, 0.15) is 29.8 Å². The highest BCUT2D eigenvalue weighted by molar-refractivity contribution is 5.66. The van der Waals surface area contributed by atoms with Gasteiger partial charge in [-0.25, -0.2) is 19.3 Å². The van der Waals surface area contributed by atoms with Crippen LogP contribution in [0.4, 0.5) is 4.39 Å². The quantitative estimate of drug-likeness (QED) is 0.686. The molecule has 5 heterocycles. The Bertz CT molecular complexity index is 1050. The molecule has 154 valence electrons. The van der Waals surface area contributed by atoms with Gasteiger partial charge in [-0.1, -0.05) is 13.0 Å². The third kappa shape index (κ3) is 3.35. The first-order valence-electron chi connectivity index (χ1n) is 10.1. The van der Waals surface area contributed by atoms with Gasteiger partial charge in [-0.3, -0.25) is 4.57 Å². The van der Waals surface area contributed by atoms with E-state index in [2.05, 4.69) is 37.0 Å². The molecule has 2 fully saturated rings. The van der Waals surface area contributed by atoms with Gasteiger partial charge in [0.2, 0.25) is 0 Å². The molecule has 0 spiro atoms. The van der Waals surface area contributed by atoms with E-state index in [9.17, 15) is 9.50 Å². The van der Waals surface area contributed by atoms with Gasteiger partial charge in [0.15, 0.2) is 5.82 Å². The van der Waals surface area contributed by atoms with Crippen LogP contribution in [0.1, 0.15) is 31.4 Å². The maximum absolute atomic E-state index is 15.0. The first kappa shape index (κ1) is 18.8. The summed E-state index contributed by atoms with van der Waals surface area (Å²) in [5.74, 6) is 0.468. The van der Waals surface area contributed by atoms with Crippen molar-refractivity contribution in [3.8, 4) is 23.0 Å². The summed E-state index contributed by atoms with van der Waals surface area (Å²) in [6, 6.07) is 1.72. The normalized spacial score (nSPS) is 25.8. The van der Waals surface area contributed by atoms with Crippen molar-refractivity contribution in [3.63, 3.8) is 0 Å². The summed E-state index contributed by atoms with van der Waals surface area (Å²) in [6.07, 6.45) is 10.7. The second kappa shape index (κ2) is 7.56. The average Bonchev–Trinajstić information content (AvgIpc) is 3.31. The molecule has 30 heavy (non-hydrogen) atoms. The van der Waals surface area contributed by atoms with Gasteiger partial charge in [-0.15, -0.1) is 10.2 Å². The average molecular weight is 407 g/mol. The molecule has 4 atom stereocenters. The number of nitrogens with zero attached hydrogens (tertiary/aromatic N) is 6. The molecule has 0 amide bonds. The first-order valence-corrected chi connectivity index (χ1v) is 10.1. The van der Waals surface area contributed by atoms with Crippen molar-refractivity contribution >= 4 is 5.57 Å². The number of halogens is 1. The molecule has 2 aliphatic heterocycles. The van der Waals surface area contributed by atoms with Crippen molar-refractivity contribution in [2.75, 3.05) is 0 Å². The molecule has 0 aliphatic carbocycles. The van der Waals surface area contributed by atoms with E-state index in [1.165, 1.54) is 12.3 Å². The summed E-state index contributed by atoms with van der Waals surface area (Å²) in [7, 11) is 0. The molecule has 2 saturated heterocycles. The molecule has 0 unspecified atom stereocenters. The van der Waals surface area contributed by atoms with Crippen LogP contribution < -0.4 is 5.32 Å². The van der Waals surface area contributed by atoms with E-state index >= 15 is 0 Å². The summed E-state index contributed by atoms with van der Waals surface area (Å²) >= 11 is 0. The number of piperidine rings is 2. The Labute approximate surface area is 172 Å². The second-order valence-corrected chi connectivity index (χ2v) is 7.91. The maximum atomic E-state index is 15.0. The van der Waals surface area contributed by atoms with E-state index in [1.54, 1.807) is 29.5 Å². The van der Waals surface area contributed by atoms with E-state index in [1.807, 2.05) is 0 Å². The lowest BCUT2D eigenvalue weighted by atomic mass is 9.75. The lowest BCUT2D eigenvalue weighted by molar-refractivity contribution is 0.0982. The number of aromatic hydroxyl groups is 1. The number of nitrogens with one attached hydrogen (secondary N) is 1. The fourth-order valence-corrected chi connectivity index (χ4v) is 4.42. The van der Waals surface area contributed by atoms with Crippen molar-refractivity contribution < 1.29 is 9.50 Å². The zero-order valence-electron chi connectivity index (χ0n) is 16.3. The van der Waals surface area contributed by atoms with E-state index in [-0.39, 0.29) is 23.5 Å². The summed E-state index contributed by atoms with van der Waals surface area (Å²) in [6.45, 7) is 4.11. The Morgan fingerprint density at radius 3 is 2.87 bits per heavy atom. The number of fused-ring (bicyclic) bond motifs is 2. The van der Waals surface area contributed by atoms with Crippen LogP contribution in [0.3, 0.4) is 0 Å². The molecule has 5 rings (SSSR count). The predicted molar refractivity (Wildman–Crippen MR) is 108 cm³/mol. The highest BCUT2D eigenvalue weighted by atomic mass is 19.1. The minimum Gasteiger partial charge on any atom is -0.507 e. The van der Waals surface area contributed by atoms with Gasteiger partial charge in [0.05, 0.1) is 11.8 Å². The van der Waals surface area contributed by atoms with Crippen molar-refractivity contribution in [1.29, 1.82) is 0 Å².